The van der Waals surface area contributed by atoms with Crippen LogP contribution in [-0.4, -0.2) is 29.6 Å². The number of carbonyl (C=O) groups excluding carboxylic acids is 1. The molecule has 1 unspecified atom stereocenters. The second kappa shape index (κ2) is 4.89. The molecular formula is C10H21NOS. The minimum atomic E-state index is 0.140. The van der Waals surface area contributed by atoms with E-state index in [9.17, 15) is 4.79 Å². The van der Waals surface area contributed by atoms with Crippen LogP contribution in [0.15, 0.2) is 0 Å². The number of rotatable bonds is 3. The van der Waals surface area contributed by atoms with E-state index < -0.39 is 0 Å². The summed E-state index contributed by atoms with van der Waals surface area (Å²) in [5.41, 5.74) is 0.140. The predicted molar refractivity (Wildman–Crippen MR) is 60.2 cm³/mol. The van der Waals surface area contributed by atoms with E-state index in [2.05, 4.69) is 40.3 Å². The number of carbonyl (C=O) groups is 1. The summed E-state index contributed by atoms with van der Waals surface area (Å²) in [7, 11) is 1.86. The molecule has 0 aromatic carbocycles. The molecule has 1 atom stereocenters. The SMILES string of the molecule is CC(N(C)C(=O)CCS)C(C)(C)C. The highest BCUT2D eigenvalue weighted by molar-refractivity contribution is 7.80. The quantitative estimate of drug-likeness (QED) is 0.697. The van der Waals surface area contributed by atoms with Crippen LogP contribution in [0.4, 0.5) is 0 Å². The van der Waals surface area contributed by atoms with Gasteiger partial charge in [-0.1, -0.05) is 20.8 Å². The molecule has 13 heavy (non-hydrogen) atoms. The van der Waals surface area contributed by atoms with E-state index >= 15 is 0 Å². The number of hydrogen-bond acceptors (Lipinski definition) is 2. The summed E-state index contributed by atoms with van der Waals surface area (Å²) in [4.78, 5) is 13.3. The molecule has 0 N–H and O–H groups in total. The summed E-state index contributed by atoms with van der Waals surface area (Å²) in [6.45, 7) is 8.50. The predicted octanol–water partition coefficient (Wildman–Crippen LogP) is 2.20. The number of amides is 1. The molecule has 0 aromatic heterocycles. The monoisotopic (exact) mass is 203 g/mol. The van der Waals surface area contributed by atoms with Crippen molar-refractivity contribution in [3.05, 3.63) is 0 Å². The van der Waals surface area contributed by atoms with Crippen molar-refractivity contribution >= 4 is 18.5 Å². The number of nitrogens with zero attached hydrogens (tertiary/aromatic N) is 1. The molecule has 0 bridgehead atoms. The summed E-state index contributed by atoms with van der Waals surface area (Å²) in [5, 5.41) is 0. The van der Waals surface area contributed by atoms with Crippen LogP contribution in [0.3, 0.4) is 0 Å². The van der Waals surface area contributed by atoms with Crippen molar-refractivity contribution < 1.29 is 4.79 Å². The van der Waals surface area contributed by atoms with Gasteiger partial charge in [0.1, 0.15) is 0 Å². The van der Waals surface area contributed by atoms with Gasteiger partial charge in [0.25, 0.3) is 0 Å². The molecule has 1 amide bonds. The van der Waals surface area contributed by atoms with Crippen molar-refractivity contribution in [3.8, 4) is 0 Å². The molecule has 0 radical (unpaired) electrons. The van der Waals surface area contributed by atoms with Gasteiger partial charge in [0.15, 0.2) is 0 Å². The van der Waals surface area contributed by atoms with Crippen molar-refractivity contribution in [1.82, 2.24) is 4.90 Å². The van der Waals surface area contributed by atoms with Gasteiger partial charge in [-0.25, -0.2) is 0 Å². The Morgan fingerprint density at radius 1 is 1.46 bits per heavy atom. The lowest BCUT2D eigenvalue weighted by Crippen LogP contribution is -2.43. The Balaban J connectivity index is 4.25. The summed E-state index contributed by atoms with van der Waals surface area (Å²) >= 11 is 4.05. The maximum Gasteiger partial charge on any atom is 0.223 e. The average Bonchev–Trinajstić information content (AvgIpc) is 2.00. The second-order valence-electron chi connectivity index (χ2n) is 4.52. The zero-order valence-electron chi connectivity index (χ0n) is 9.29. The molecule has 0 spiro atoms. The Morgan fingerprint density at radius 2 is 1.92 bits per heavy atom. The van der Waals surface area contributed by atoms with Crippen LogP contribution in [0.2, 0.25) is 0 Å². The van der Waals surface area contributed by atoms with Crippen LogP contribution in [0.25, 0.3) is 0 Å². The molecule has 0 aliphatic rings. The Bertz CT molecular complexity index is 174. The van der Waals surface area contributed by atoms with Gasteiger partial charge in [-0.15, -0.1) is 0 Å². The van der Waals surface area contributed by atoms with Crippen molar-refractivity contribution in [2.75, 3.05) is 12.8 Å². The minimum Gasteiger partial charge on any atom is -0.343 e. The largest absolute Gasteiger partial charge is 0.343 e. The van der Waals surface area contributed by atoms with Crippen LogP contribution in [0.1, 0.15) is 34.1 Å². The lowest BCUT2D eigenvalue weighted by Gasteiger charge is -2.35. The van der Waals surface area contributed by atoms with Crippen molar-refractivity contribution in [2.24, 2.45) is 5.41 Å². The standard InChI is InChI=1S/C10H21NOS/c1-8(10(2,3)4)11(5)9(12)6-7-13/h8,13H,6-7H2,1-5H3. The summed E-state index contributed by atoms with van der Waals surface area (Å²) < 4.78 is 0. The first-order chi connectivity index (χ1) is 5.80. The molecule has 2 nitrogen and oxygen atoms in total. The fourth-order valence-electron chi connectivity index (χ4n) is 1.07. The van der Waals surface area contributed by atoms with Crippen LogP contribution >= 0.6 is 12.6 Å². The summed E-state index contributed by atoms with van der Waals surface area (Å²) in [6.07, 6.45) is 0.528. The van der Waals surface area contributed by atoms with Gasteiger partial charge in [0.05, 0.1) is 0 Å². The summed E-state index contributed by atoms with van der Waals surface area (Å²) in [5.74, 6) is 0.803. The van der Waals surface area contributed by atoms with Crippen LogP contribution in [0, 0.1) is 5.41 Å². The first-order valence-electron chi connectivity index (χ1n) is 4.67. The van der Waals surface area contributed by atoms with Gasteiger partial charge in [-0.3, -0.25) is 4.79 Å². The smallest absolute Gasteiger partial charge is 0.223 e. The van der Waals surface area contributed by atoms with Crippen molar-refractivity contribution in [3.63, 3.8) is 0 Å². The van der Waals surface area contributed by atoms with Gasteiger partial charge in [-0.05, 0) is 18.1 Å². The second-order valence-corrected chi connectivity index (χ2v) is 4.97. The molecule has 0 rings (SSSR count). The zero-order valence-corrected chi connectivity index (χ0v) is 10.2. The number of hydrogen-bond donors (Lipinski definition) is 1. The van der Waals surface area contributed by atoms with Crippen LogP contribution in [0.5, 0.6) is 0 Å². The maximum absolute atomic E-state index is 11.5. The van der Waals surface area contributed by atoms with Crippen molar-refractivity contribution in [1.29, 1.82) is 0 Å². The summed E-state index contributed by atoms with van der Waals surface area (Å²) in [6, 6.07) is 0.264. The molecule has 0 fully saturated rings. The highest BCUT2D eigenvalue weighted by atomic mass is 32.1. The molecule has 0 heterocycles. The highest BCUT2D eigenvalue weighted by Crippen LogP contribution is 2.23. The highest BCUT2D eigenvalue weighted by Gasteiger charge is 2.26. The third-order valence-electron chi connectivity index (χ3n) is 2.55. The van der Waals surface area contributed by atoms with Crippen LogP contribution in [-0.2, 0) is 4.79 Å². The third kappa shape index (κ3) is 4.03. The van der Waals surface area contributed by atoms with Gasteiger partial charge in [0.2, 0.25) is 5.91 Å². The molecular weight excluding hydrogens is 182 g/mol. The Hall–Kier alpha value is -0.180. The van der Waals surface area contributed by atoms with E-state index in [1.165, 1.54) is 0 Å². The first-order valence-corrected chi connectivity index (χ1v) is 5.30. The first kappa shape index (κ1) is 12.8. The van der Waals surface area contributed by atoms with E-state index in [0.717, 1.165) is 0 Å². The Morgan fingerprint density at radius 3 is 2.23 bits per heavy atom. The lowest BCUT2D eigenvalue weighted by atomic mass is 9.87. The molecule has 0 aliphatic carbocycles. The fraction of sp³-hybridized carbons (Fsp3) is 0.900. The molecule has 0 saturated carbocycles. The lowest BCUT2D eigenvalue weighted by molar-refractivity contribution is -0.133. The van der Waals surface area contributed by atoms with E-state index in [0.29, 0.717) is 12.2 Å². The van der Waals surface area contributed by atoms with E-state index in [-0.39, 0.29) is 17.4 Å². The Labute approximate surface area is 87.1 Å². The zero-order chi connectivity index (χ0) is 10.6. The minimum absolute atomic E-state index is 0.140. The topological polar surface area (TPSA) is 20.3 Å². The number of thiol groups is 1. The molecule has 78 valence electrons. The Kier molecular flexibility index (Phi) is 4.82. The van der Waals surface area contributed by atoms with Crippen molar-refractivity contribution in [2.45, 2.75) is 40.2 Å². The van der Waals surface area contributed by atoms with Gasteiger partial charge in [0, 0.05) is 19.5 Å². The average molecular weight is 203 g/mol. The van der Waals surface area contributed by atoms with Gasteiger partial charge >= 0.3 is 0 Å². The van der Waals surface area contributed by atoms with E-state index in [1.807, 2.05) is 11.9 Å². The van der Waals surface area contributed by atoms with Gasteiger partial charge < -0.3 is 4.90 Å². The fourth-order valence-corrected chi connectivity index (χ4v) is 1.26. The normalized spacial score (nSPS) is 14.0. The molecule has 0 aliphatic heterocycles. The van der Waals surface area contributed by atoms with Crippen LogP contribution < -0.4 is 0 Å². The molecule has 3 heteroatoms. The molecule has 0 saturated heterocycles. The molecule has 0 aromatic rings. The third-order valence-corrected chi connectivity index (χ3v) is 2.78. The maximum atomic E-state index is 11.5. The van der Waals surface area contributed by atoms with E-state index in [1.54, 1.807) is 0 Å². The van der Waals surface area contributed by atoms with Gasteiger partial charge in [-0.2, -0.15) is 12.6 Å². The van der Waals surface area contributed by atoms with E-state index in [4.69, 9.17) is 0 Å².